The van der Waals surface area contributed by atoms with Crippen molar-refractivity contribution in [3.63, 3.8) is 0 Å². The first-order chi connectivity index (χ1) is 16.2. The fraction of sp³-hybridized carbons (Fsp3) is 0.273. The Morgan fingerprint density at radius 3 is 1.24 bits per heavy atom. The summed E-state index contributed by atoms with van der Waals surface area (Å²) < 4.78 is 30.2. The van der Waals surface area contributed by atoms with E-state index in [-0.39, 0.29) is 34.1 Å². The van der Waals surface area contributed by atoms with Crippen LogP contribution in [0.4, 0.5) is 0 Å². The van der Waals surface area contributed by atoms with Gasteiger partial charge in [0, 0.05) is 0 Å². The van der Waals surface area contributed by atoms with Crippen LogP contribution in [0.5, 0.6) is 23.0 Å². The summed E-state index contributed by atoms with van der Waals surface area (Å²) in [5, 5.41) is 19.1. The van der Waals surface area contributed by atoms with Crippen molar-refractivity contribution in [2.45, 2.75) is 12.2 Å². The Kier molecular flexibility index (Phi) is 8.65. The lowest BCUT2D eigenvalue weighted by Crippen LogP contribution is -2.46. The highest BCUT2D eigenvalue weighted by atomic mass is 16.6. The molecule has 12 heteroatoms. The minimum Gasteiger partial charge on any atom is -0.493 e. The van der Waals surface area contributed by atoms with Crippen molar-refractivity contribution in [3.8, 4) is 23.0 Å². The first-order valence-electron chi connectivity index (χ1n) is 9.49. The number of carboxylic acids is 2. The number of carboxylic acid groups (broad SMARTS) is 2. The first-order valence-corrected chi connectivity index (χ1v) is 9.49. The Morgan fingerprint density at radius 1 is 0.618 bits per heavy atom. The Balaban J connectivity index is 2.38. The molecule has 0 unspecified atom stereocenters. The SMILES string of the molecule is COc1cccc(C(=O)O[C@@H](C(=O)O)[C@@H](OC(=O)c2cccc(OC)c2OC)C(=O)O)c1OC. The third kappa shape index (κ3) is 5.46. The first kappa shape index (κ1) is 25.8. The van der Waals surface area contributed by atoms with Gasteiger partial charge < -0.3 is 38.6 Å². The van der Waals surface area contributed by atoms with Crippen molar-refractivity contribution >= 4 is 23.9 Å². The topological polar surface area (TPSA) is 164 Å². The van der Waals surface area contributed by atoms with E-state index in [4.69, 9.17) is 28.4 Å². The van der Waals surface area contributed by atoms with Gasteiger partial charge in [-0.05, 0) is 24.3 Å². The lowest BCUT2D eigenvalue weighted by molar-refractivity contribution is -0.166. The number of carbonyl (C=O) groups excluding carboxylic acids is 2. The van der Waals surface area contributed by atoms with Crippen LogP contribution in [-0.2, 0) is 19.1 Å². The number of aliphatic carboxylic acids is 2. The van der Waals surface area contributed by atoms with Gasteiger partial charge >= 0.3 is 23.9 Å². The highest BCUT2D eigenvalue weighted by molar-refractivity contribution is 5.98. The maximum atomic E-state index is 12.7. The third-order valence-electron chi connectivity index (χ3n) is 4.48. The molecule has 2 aromatic rings. The highest BCUT2D eigenvalue weighted by Crippen LogP contribution is 2.33. The van der Waals surface area contributed by atoms with Gasteiger partial charge in [0.2, 0.25) is 12.2 Å². The van der Waals surface area contributed by atoms with Crippen LogP contribution in [-0.4, -0.2) is 74.7 Å². The fourth-order valence-corrected chi connectivity index (χ4v) is 2.94. The third-order valence-corrected chi connectivity index (χ3v) is 4.48. The van der Waals surface area contributed by atoms with E-state index in [0.717, 1.165) is 0 Å². The molecule has 2 atom stereocenters. The van der Waals surface area contributed by atoms with E-state index in [1.807, 2.05) is 0 Å². The molecule has 0 aromatic heterocycles. The molecule has 0 aliphatic carbocycles. The van der Waals surface area contributed by atoms with Crippen LogP contribution in [0.1, 0.15) is 20.7 Å². The number of hydrogen-bond acceptors (Lipinski definition) is 10. The second-order valence-corrected chi connectivity index (χ2v) is 6.41. The lowest BCUT2D eigenvalue weighted by atomic mass is 10.1. The normalized spacial score (nSPS) is 12.0. The molecule has 34 heavy (non-hydrogen) atoms. The van der Waals surface area contributed by atoms with E-state index in [0.29, 0.717) is 0 Å². The van der Waals surface area contributed by atoms with E-state index in [2.05, 4.69) is 0 Å². The number of para-hydroxylation sites is 2. The van der Waals surface area contributed by atoms with E-state index < -0.39 is 36.1 Å². The molecule has 2 rings (SSSR count). The molecule has 2 aromatic carbocycles. The van der Waals surface area contributed by atoms with Crippen molar-refractivity contribution in [1.29, 1.82) is 0 Å². The van der Waals surface area contributed by atoms with Crippen LogP contribution >= 0.6 is 0 Å². The number of methoxy groups -OCH3 is 4. The molecule has 0 amide bonds. The van der Waals surface area contributed by atoms with E-state index in [1.165, 1.54) is 64.8 Å². The maximum Gasteiger partial charge on any atom is 0.349 e. The number of ether oxygens (including phenoxy) is 6. The average molecular weight is 478 g/mol. The van der Waals surface area contributed by atoms with Crippen molar-refractivity contribution in [2.24, 2.45) is 0 Å². The van der Waals surface area contributed by atoms with Gasteiger partial charge in [-0.2, -0.15) is 0 Å². The monoisotopic (exact) mass is 478 g/mol. The smallest absolute Gasteiger partial charge is 0.349 e. The summed E-state index contributed by atoms with van der Waals surface area (Å²) in [6, 6.07) is 8.30. The predicted molar refractivity (Wildman–Crippen MR) is 113 cm³/mol. The van der Waals surface area contributed by atoms with Crippen LogP contribution in [0.25, 0.3) is 0 Å². The summed E-state index contributed by atoms with van der Waals surface area (Å²) in [5.41, 5.74) is -0.476. The lowest BCUT2D eigenvalue weighted by Gasteiger charge is -2.22. The molecule has 0 spiro atoms. The number of rotatable bonds is 11. The van der Waals surface area contributed by atoms with Gasteiger partial charge in [0.25, 0.3) is 0 Å². The van der Waals surface area contributed by atoms with Crippen LogP contribution in [0, 0.1) is 0 Å². The molecule has 0 aliphatic heterocycles. The van der Waals surface area contributed by atoms with Gasteiger partial charge in [0.1, 0.15) is 11.1 Å². The summed E-state index contributed by atoms with van der Waals surface area (Å²) in [6.45, 7) is 0. The summed E-state index contributed by atoms with van der Waals surface area (Å²) in [5.74, 6) is -6.06. The summed E-state index contributed by atoms with van der Waals surface area (Å²) in [6.07, 6.45) is -4.80. The Morgan fingerprint density at radius 2 is 0.971 bits per heavy atom. The molecule has 182 valence electrons. The molecule has 0 aliphatic rings. The Labute approximate surface area is 193 Å². The minimum atomic E-state index is -2.40. The summed E-state index contributed by atoms with van der Waals surface area (Å²) >= 11 is 0. The molecule has 0 heterocycles. The van der Waals surface area contributed by atoms with Crippen molar-refractivity contribution in [1.82, 2.24) is 0 Å². The quantitative estimate of drug-likeness (QED) is 0.449. The second-order valence-electron chi connectivity index (χ2n) is 6.41. The largest absolute Gasteiger partial charge is 0.493 e. The fourth-order valence-electron chi connectivity index (χ4n) is 2.94. The molecular formula is C22H22O12. The van der Waals surface area contributed by atoms with Gasteiger partial charge in [0.15, 0.2) is 23.0 Å². The molecular weight excluding hydrogens is 456 g/mol. The molecule has 12 nitrogen and oxygen atoms in total. The molecule has 0 radical (unpaired) electrons. The highest BCUT2D eigenvalue weighted by Gasteiger charge is 2.42. The van der Waals surface area contributed by atoms with Gasteiger partial charge in [0.05, 0.1) is 28.4 Å². The maximum absolute atomic E-state index is 12.7. The summed E-state index contributed by atoms with van der Waals surface area (Å²) in [7, 11) is 5.12. The Hall–Kier alpha value is -4.48. The molecule has 0 saturated heterocycles. The molecule has 0 bridgehead atoms. The zero-order valence-corrected chi connectivity index (χ0v) is 18.6. The molecule has 2 N–H and O–H groups in total. The zero-order chi connectivity index (χ0) is 25.4. The Bertz CT molecular complexity index is 992. The van der Waals surface area contributed by atoms with Crippen molar-refractivity contribution < 1.29 is 57.8 Å². The van der Waals surface area contributed by atoms with Crippen LogP contribution in [0.2, 0.25) is 0 Å². The standard InChI is InChI=1S/C22H22O12/c1-29-13-9-5-7-11(15(13)31-3)21(27)33-17(19(23)24)18(20(25)26)34-22(28)12-8-6-10-14(30-2)16(12)32-4/h5-10,17-18H,1-4H3,(H,23,24)(H,25,26)/t17-,18-/m1/s1. The van der Waals surface area contributed by atoms with Gasteiger partial charge in [-0.3, -0.25) is 0 Å². The van der Waals surface area contributed by atoms with Crippen molar-refractivity contribution in [3.05, 3.63) is 47.5 Å². The van der Waals surface area contributed by atoms with Gasteiger partial charge in [-0.25, -0.2) is 19.2 Å². The van der Waals surface area contributed by atoms with Crippen LogP contribution < -0.4 is 18.9 Å². The average Bonchev–Trinajstić information content (AvgIpc) is 2.83. The van der Waals surface area contributed by atoms with E-state index in [9.17, 15) is 29.4 Å². The molecule has 0 saturated carbocycles. The minimum absolute atomic E-state index is 0.0656. The van der Waals surface area contributed by atoms with Crippen molar-refractivity contribution in [2.75, 3.05) is 28.4 Å². The molecule has 0 fully saturated rings. The van der Waals surface area contributed by atoms with Gasteiger partial charge in [-0.15, -0.1) is 0 Å². The summed E-state index contributed by atoms with van der Waals surface area (Å²) in [4.78, 5) is 49.0. The number of esters is 2. The number of benzene rings is 2. The zero-order valence-electron chi connectivity index (χ0n) is 18.6. The van der Waals surface area contributed by atoms with E-state index >= 15 is 0 Å². The van der Waals surface area contributed by atoms with E-state index in [1.54, 1.807) is 0 Å². The van der Waals surface area contributed by atoms with Gasteiger partial charge in [-0.1, -0.05) is 12.1 Å². The number of hydrogen-bond donors (Lipinski definition) is 2. The predicted octanol–water partition coefficient (Wildman–Crippen LogP) is 1.64. The second kappa shape index (κ2) is 11.4. The number of carbonyl (C=O) groups is 4. The van der Waals surface area contributed by atoms with Crippen LogP contribution in [0.3, 0.4) is 0 Å². The van der Waals surface area contributed by atoms with Crippen LogP contribution in [0.15, 0.2) is 36.4 Å².